The third-order valence-corrected chi connectivity index (χ3v) is 6.10. The van der Waals surface area contributed by atoms with Crippen molar-refractivity contribution < 1.29 is 4.79 Å². The predicted octanol–water partition coefficient (Wildman–Crippen LogP) is 4.59. The van der Waals surface area contributed by atoms with Gasteiger partial charge in [-0.1, -0.05) is 31.2 Å². The molecule has 11 nitrogen and oxygen atoms in total. The fourth-order valence-corrected chi connectivity index (χ4v) is 3.83. The van der Waals surface area contributed by atoms with E-state index in [0.29, 0.717) is 35.1 Å². The average molecular weight is 521 g/mol. The van der Waals surface area contributed by atoms with Crippen LogP contribution in [0.5, 0.6) is 0 Å². The number of rotatable bonds is 10. The number of amides is 1. The van der Waals surface area contributed by atoms with Crippen molar-refractivity contribution in [3.8, 4) is 11.1 Å². The van der Waals surface area contributed by atoms with Crippen molar-refractivity contribution in [3.63, 3.8) is 0 Å². The summed E-state index contributed by atoms with van der Waals surface area (Å²) < 4.78 is 1.76. The second-order valence-electron chi connectivity index (χ2n) is 8.95. The molecule has 0 radical (unpaired) electrons. The highest BCUT2D eigenvalue weighted by Crippen LogP contribution is 2.30. The summed E-state index contributed by atoms with van der Waals surface area (Å²) in [5, 5.41) is 13.8. The molecule has 0 aliphatic heterocycles. The minimum absolute atomic E-state index is 0.0556. The molecule has 0 bridgehead atoms. The Balaban J connectivity index is 1.43. The Morgan fingerprint density at radius 2 is 1.74 bits per heavy atom. The Morgan fingerprint density at radius 3 is 2.49 bits per heavy atom. The average Bonchev–Trinajstić information content (AvgIpc) is 3.48. The van der Waals surface area contributed by atoms with Crippen molar-refractivity contribution in [2.45, 2.75) is 32.9 Å². The van der Waals surface area contributed by atoms with E-state index in [4.69, 9.17) is 4.98 Å². The molecule has 3 N–H and O–H groups in total. The van der Waals surface area contributed by atoms with Gasteiger partial charge in [-0.25, -0.2) is 24.6 Å². The molecule has 3 aromatic heterocycles. The molecule has 2 aromatic carbocycles. The monoisotopic (exact) mass is 520 g/mol. The van der Waals surface area contributed by atoms with Crippen LogP contribution in [0.1, 0.15) is 36.2 Å². The van der Waals surface area contributed by atoms with Gasteiger partial charge in [0.05, 0.1) is 17.8 Å². The molecule has 0 spiro atoms. The summed E-state index contributed by atoms with van der Waals surface area (Å²) >= 11 is 0. The van der Waals surface area contributed by atoms with Crippen molar-refractivity contribution in [1.29, 1.82) is 0 Å². The molecule has 0 aliphatic carbocycles. The summed E-state index contributed by atoms with van der Waals surface area (Å²) in [6, 6.07) is 15.3. The summed E-state index contributed by atoms with van der Waals surface area (Å²) in [6.07, 6.45) is 10.6. The van der Waals surface area contributed by atoms with E-state index in [1.54, 1.807) is 35.7 Å². The molecule has 1 unspecified atom stereocenters. The van der Waals surface area contributed by atoms with Gasteiger partial charge >= 0.3 is 0 Å². The van der Waals surface area contributed by atoms with Gasteiger partial charge in [0.1, 0.15) is 24.8 Å². The maximum Gasteiger partial charge on any atom is 0.253 e. The number of benzene rings is 2. The van der Waals surface area contributed by atoms with Gasteiger partial charge in [-0.3, -0.25) is 4.79 Å². The van der Waals surface area contributed by atoms with Gasteiger partial charge in [0.15, 0.2) is 0 Å². The van der Waals surface area contributed by atoms with Crippen LogP contribution >= 0.6 is 0 Å². The highest BCUT2D eigenvalue weighted by Gasteiger charge is 2.16. The van der Waals surface area contributed by atoms with Crippen LogP contribution in [0.4, 0.5) is 23.1 Å². The smallest absolute Gasteiger partial charge is 0.253 e. The Kier molecular flexibility index (Phi) is 7.77. The second kappa shape index (κ2) is 11.9. The van der Waals surface area contributed by atoms with Crippen molar-refractivity contribution in [2.75, 3.05) is 10.6 Å². The number of nitrogens with one attached hydrogen (secondary N) is 3. The first-order valence-electron chi connectivity index (χ1n) is 12.6. The number of carbonyl (C=O) groups excluding carboxylic acids is 1. The summed E-state index contributed by atoms with van der Waals surface area (Å²) in [7, 11) is 0. The van der Waals surface area contributed by atoms with Crippen LogP contribution < -0.4 is 16.0 Å². The summed E-state index contributed by atoms with van der Waals surface area (Å²) in [5.74, 6) is 0.744. The van der Waals surface area contributed by atoms with Crippen molar-refractivity contribution in [2.24, 2.45) is 0 Å². The van der Waals surface area contributed by atoms with Crippen LogP contribution in [0, 0.1) is 0 Å². The largest absolute Gasteiger partial charge is 0.350 e. The molecule has 196 valence electrons. The topological polar surface area (TPSA) is 135 Å². The summed E-state index contributed by atoms with van der Waals surface area (Å²) in [5.41, 5.74) is 4.49. The lowest BCUT2D eigenvalue weighted by Gasteiger charge is -2.17. The number of hydrogen-bond donors (Lipinski definition) is 3. The first-order valence-corrected chi connectivity index (χ1v) is 12.6. The van der Waals surface area contributed by atoms with E-state index < -0.39 is 0 Å². The van der Waals surface area contributed by atoms with Crippen LogP contribution in [0.2, 0.25) is 0 Å². The maximum absolute atomic E-state index is 13.0. The van der Waals surface area contributed by atoms with Crippen molar-refractivity contribution in [3.05, 3.63) is 97.2 Å². The van der Waals surface area contributed by atoms with E-state index in [2.05, 4.69) is 41.0 Å². The van der Waals surface area contributed by atoms with Gasteiger partial charge in [0.25, 0.3) is 5.91 Å². The van der Waals surface area contributed by atoms with Crippen molar-refractivity contribution in [1.82, 2.24) is 40.0 Å². The van der Waals surface area contributed by atoms with E-state index in [0.717, 1.165) is 23.2 Å². The maximum atomic E-state index is 13.0. The molecule has 0 aliphatic rings. The van der Waals surface area contributed by atoms with E-state index in [1.165, 1.54) is 12.7 Å². The van der Waals surface area contributed by atoms with Crippen LogP contribution in [0.25, 0.3) is 11.1 Å². The van der Waals surface area contributed by atoms with Gasteiger partial charge in [-0.2, -0.15) is 10.1 Å². The summed E-state index contributed by atoms with van der Waals surface area (Å²) in [6.45, 7) is 4.64. The Hall–Kier alpha value is -5.19. The van der Waals surface area contributed by atoms with E-state index >= 15 is 0 Å². The molecule has 0 saturated heterocycles. The Bertz CT molecular complexity index is 1520. The molecular weight excluding hydrogens is 492 g/mol. The lowest BCUT2D eigenvalue weighted by Crippen LogP contribution is -2.32. The fourth-order valence-electron chi connectivity index (χ4n) is 3.83. The minimum atomic E-state index is -0.157. The van der Waals surface area contributed by atoms with Crippen LogP contribution in [-0.2, 0) is 6.54 Å². The van der Waals surface area contributed by atoms with Crippen LogP contribution in [0.15, 0.2) is 86.1 Å². The van der Waals surface area contributed by atoms with E-state index in [-0.39, 0.29) is 11.9 Å². The zero-order valence-electron chi connectivity index (χ0n) is 21.6. The van der Waals surface area contributed by atoms with Gasteiger partial charge in [0.2, 0.25) is 5.95 Å². The number of aromatic nitrogens is 7. The molecule has 11 heteroatoms. The highest BCUT2D eigenvalue weighted by molar-refractivity contribution is 6.00. The molecule has 1 amide bonds. The standard InChI is InChI=1S/C28H28N10O/c1-3-19(2)34-27(39)23-6-4-5-7-25(23)36-26-24(21-12-29-16-30-13-21)14-32-28(37-26)35-22-10-8-20(9-11-22)15-38-18-31-17-33-38/h4-14,16-19H,3,15H2,1-2H3,(H,34,39)(H2,32,35,36,37). The molecule has 0 fully saturated rings. The Labute approximate surface area is 225 Å². The molecule has 5 rings (SSSR count). The molecule has 0 saturated carbocycles. The third-order valence-electron chi connectivity index (χ3n) is 6.10. The van der Waals surface area contributed by atoms with Crippen LogP contribution in [-0.4, -0.2) is 46.6 Å². The number of para-hydroxylation sites is 1. The third kappa shape index (κ3) is 6.39. The first kappa shape index (κ1) is 25.5. The highest BCUT2D eigenvalue weighted by atomic mass is 16.1. The molecule has 5 aromatic rings. The first-order chi connectivity index (χ1) is 19.1. The van der Waals surface area contributed by atoms with E-state index in [1.807, 2.05) is 56.3 Å². The lowest BCUT2D eigenvalue weighted by molar-refractivity contribution is 0.0940. The quantitative estimate of drug-likeness (QED) is 0.242. The summed E-state index contributed by atoms with van der Waals surface area (Å²) in [4.78, 5) is 34.5. The van der Waals surface area contributed by atoms with Gasteiger partial charge in [-0.15, -0.1) is 0 Å². The molecule has 3 heterocycles. The van der Waals surface area contributed by atoms with Gasteiger partial charge in [-0.05, 0) is 43.2 Å². The molecular formula is C28H28N10O. The van der Waals surface area contributed by atoms with E-state index in [9.17, 15) is 4.79 Å². The predicted molar refractivity (Wildman–Crippen MR) is 149 cm³/mol. The number of carbonyl (C=O) groups is 1. The second-order valence-corrected chi connectivity index (χ2v) is 8.95. The zero-order chi connectivity index (χ0) is 27.0. The minimum Gasteiger partial charge on any atom is -0.350 e. The normalized spacial score (nSPS) is 11.5. The lowest BCUT2D eigenvalue weighted by atomic mass is 10.1. The van der Waals surface area contributed by atoms with Crippen molar-refractivity contribution >= 4 is 29.0 Å². The van der Waals surface area contributed by atoms with Crippen LogP contribution in [0.3, 0.4) is 0 Å². The van der Waals surface area contributed by atoms with Gasteiger partial charge < -0.3 is 16.0 Å². The zero-order valence-corrected chi connectivity index (χ0v) is 21.6. The SMILES string of the molecule is CCC(C)NC(=O)c1ccccc1Nc1nc(Nc2ccc(Cn3cncn3)cc2)ncc1-c1cncnc1. The fraction of sp³-hybridized carbons (Fsp3) is 0.179. The number of nitrogens with zero attached hydrogens (tertiary/aromatic N) is 7. The number of hydrogen-bond acceptors (Lipinski definition) is 9. The molecule has 39 heavy (non-hydrogen) atoms. The van der Waals surface area contributed by atoms with Gasteiger partial charge in [0, 0.05) is 41.4 Å². The molecule has 1 atom stereocenters. The number of anilines is 4. The Morgan fingerprint density at radius 1 is 0.949 bits per heavy atom.